The number of piperidine rings is 1. The first-order valence-electron chi connectivity index (χ1n) is 9.88. The molecule has 8 heteroatoms. The Balaban J connectivity index is 1.63. The van der Waals surface area contributed by atoms with Gasteiger partial charge in [-0.1, -0.05) is 12.5 Å². The fourth-order valence-corrected chi connectivity index (χ4v) is 5.57. The van der Waals surface area contributed by atoms with Crippen LogP contribution < -0.4 is 5.32 Å². The van der Waals surface area contributed by atoms with E-state index in [1.165, 1.54) is 28.6 Å². The van der Waals surface area contributed by atoms with Gasteiger partial charge in [0.15, 0.2) is 5.76 Å². The summed E-state index contributed by atoms with van der Waals surface area (Å²) in [6.45, 7) is 4.43. The monoisotopic (exact) mass is 430 g/mol. The third kappa shape index (κ3) is 3.73. The second kappa shape index (κ2) is 7.85. The van der Waals surface area contributed by atoms with Gasteiger partial charge in [-0.15, -0.1) is 0 Å². The topological polar surface area (TPSA) is 79.6 Å². The average molecular weight is 431 g/mol. The van der Waals surface area contributed by atoms with Gasteiger partial charge in [-0.2, -0.15) is 4.31 Å². The molecule has 0 saturated carbocycles. The van der Waals surface area contributed by atoms with E-state index in [0.717, 1.165) is 19.3 Å². The molecule has 2 heterocycles. The van der Waals surface area contributed by atoms with Crippen molar-refractivity contribution in [2.24, 2.45) is 0 Å². The van der Waals surface area contributed by atoms with Crippen LogP contribution in [0.3, 0.4) is 0 Å². The summed E-state index contributed by atoms with van der Waals surface area (Å²) in [5.74, 6) is -0.865. The number of anilines is 1. The zero-order valence-electron chi connectivity index (χ0n) is 16.9. The molecule has 3 aromatic rings. The summed E-state index contributed by atoms with van der Waals surface area (Å²) in [7, 11) is -3.63. The Morgan fingerprint density at radius 3 is 2.53 bits per heavy atom. The lowest BCUT2D eigenvalue weighted by Gasteiger charge is -2.26. The fourth-order valence-electron chi connectivity index (χ4n) is 3.80. The molecule has 4 rings (SSSR count). The lowest BCUT2D eigenvalue weighted by atomic mass is 10.1. The summed E-state index contributed by atoms with van der Waals surface area (Å²) in [5, 5.41) is 3.23. The molecule has 0 spiro atoms. The Hall–Kier alpha value is -2.71. The van der Waals surface area contributed by atoms with Gasteiger partial charge in [-0.25, -0.2) is 12.8 Å². The van der Waals surface area contributed by atoms with E-state index in [1.54, 1.807) is 26.0 Å². The Kier molecular flexibility index (Phi) is 5.38. The Morgan fingerprint density at radius 1 is 1.07 bits per heavy atom. The van der Waals surface area contributed by atoms with E-state index in [9.17, 15) is 17.6 Å². The number of hydrogen-bond acceptors (Lipinski definition) is 4. The summed E-state index contributed by atoms with van der Waals surface area (Å²) in [5.41, 5.74) is 1.91. The van der Waals surface area contributed by atoms with Crippen LogP contribution in [0.5, 0.6) is 0 Å². The molecule has 6 nitrogen and oxygen atoms in total. The van der Waals surface area contributed by atoms with E-state index in [1.807, 2.05) is 0 Å². The first kappa shape index (κ1) is 20.6. The van der Waals surface area contributed by atoms with Crippen LogP contribution in [0.1, 0.15) is 40.9 Å². The Morgan fingerprint density at radius 2 is 1.80 bits per heavy atom. The maximum atomic E-state index is 13.5. The van der Waals surface area contributed by atoms with Crippen molar-refractivity contribution in [1.82, 2.24) is 4.31 Å². The minimum Gasteiger partial charge on any atom is -0.451 e. The van der Waals surface area contributed by atoms with Crippen molar-refractivity contribution in [3.05, 3.63) is 59.1 Å². The number of rotatable bonds is 4. The highest BCUT2D eigenvalue weighted by atomic mass is 32.2. The van der Waals surface area contributed by atoms with Crippen LogP contribution in [0.15, 0.2) is 45.7 Å². The molecule has 158 valence electrons. The molecular formula is C22H23FN2O4S. The van der Waals surface area contributed by atoms with Gasteiger partial charge in [0.1, 0.15) is 11.4 Å². The molecular weight excluding hydrogens is 407 g/mol. The van der Waals surface area contributed by atoms with Gasteiger partial charge in [0, 0.05) is 29.7 Å². The molecule has 1 N–H and O–H groups in total. The number of halogens is 1. The number of hydrogen-bond donors (Lipinski definition) is 1. The maximum Gasteiger partial charge on any atom is 0.291 e. The summed E-state index contributed by atoms with van der Waals surface area (Å²) in [4.78, 5) is 13.0. The lowest BCUT2D eigenvalue weighted by molar-refractivity contribution is 0.0998. The predicted octanol–water partition coefficient (Wildman–Crippen LogP) is 4.62. The van der Waals surface area contributed by atoms with Crippen molar-refractivity contribution in [2.45, 2.75) is 38.0 Å². The number of carbonyl (C=O) groups excluding carboxylic acids is 1. The van der Waals surface area contributed by atoms with Crippen molar-refractivity contribution in [2.75, 3.05) is 18.4 Å². The van der Waals surface area contributed by atoms with E-state index in [0.29, 0.717) is 40.9 Å². The first-order valence-corrected chi connectivity index (χ1v) is 11.3. The van der Waals surface area contributed by atoms with Crippen LogP contribution in [0, 0.1) is 19.7 Å². The van der Waals surface area contributed by atoms with E-state index in [2.05, 4.69) is 5.32 Å². The van der Waals surface area contributed by atoms with Crippen molar-refractivity contribution in [3.63, 3.8) is 0 Å². The summed E-state index contributed by atoms with van der Waals surface area (Å²) < 4.78 is 46.8. The highest BCUT2D eigenvalue weighted by Crippen LogP contribution is 2.29. The van der Waals surface area contributed by atoms with E-state index < -0.39 is 21.7 Å². The van der Waals surface area contributed by atoms with Crippen LogP contribution in [-0.4, -0.2) is 31.7 Å². The number of carbonyl (C=O) groups is 1. The average Bonchev–Trinajstić information content (AvgIpc) is 3.06. The molecule has 30 heavy (non-hydrogen) atoms. The number of aryl methyl sites for hydroxylation is 2. The highest BCUT2D eigenvalue weighted by molar-refractivity contribution is 7.89. The predicted molar refractivity (Wildman–Crippen MR) is 113 cm³/mol. The van der Waals surface area contributed by atoms with Gasteiger partial charge in [0.25, 0.3) is 5.91 Å². The molecule has 0 radical (unpaired) electrons. The van der Waals surface area contributed by atoms with Crippen molar-refractivity contribution in [1.29, 1.82) is 0 Å². The summed E-state index contributed by atoms with van der Waals surface area (Å²) in [6.07, 6.45) is 2.73. The number of sulfonamides is 1. The van der Waals surface area contributed by atoms with Gasteiger partial charge in [-0.3, -0.25) is 4.79 Å². The summed E-state index contributed by atoms with van der Waals surface area (Å²) >= 11 is 0. The number of fused-ring (bicyclic) bond motifs is 1. The number of amides is 1. The molecule has 0 atom stereocenters. The van der Waals surface area contributed by atoms with Crippen LogP contribution in [0.4, 0.5) is 10.1 Å². The van der Waals surface area contributed by atoms with Crippen LogP contribution in [-0.2, 0) is 10.0 Å². The maximum absolute atomic E-state index is 13.5. The third-order valence-corrected chi connectivity index (χ3v) is 7.52. The van der Waals surface area contributed by atoms with Crippen molar-refractivity contribution >= 4 is 32.6 Å². The van der Waals surface area contributed by atoms with Crippen LogP contribution >= 0.6 is 0 Å². The van der Waals surface area contributed by atoms with Gasteiger partial charge in [-0.05, 0) is 62.6 Å². The molecule has 0 aliphatic carbocycles. The second-order valence-corrected chi connectivity index (χ2v) is 9.50. The molecule has 1 aliphatic heterocycles. The SMILES string of the molecule is Cc1ccc(NC(=O)c2oc3ccc(F)cc3c2C)cc1S(=O)(=O)N1CCCCC1. The second-order valence-electron chi connectivity index (χ2n) is 7.60. The molecule has 0 bridgehead atoms. The first-order chi connectivity index (χ1) is 14.3. The van der Waals surface area contributed by atoms with Crippen LogP contribution in [0.2, 0.25) is 0 Å². The third-order valence-electron chi connectivity index (χ3n) is 5.48. The quantitative estimate of drug-likeness (QED) is 0.655. The zero-order valence-corrected chi connectivity index (χ0v) is 17.7. The lowest BCUT2D eigenvalue weighted by Crippen LogP contribution is -2.36. The molecule has 1 amide bonds. The molecule has 1 fully saturated rings. The number of nitrogens with zero attached hydrogens (tertiary/aromatic N) is 1. The number of nitrogens with one attached hydrogen (secondary N) is 1. The minimum absolute atomic E-state index is 0.0663. The molecule has 2 aromatic carbocycles. The van der Waals surface area contributed by atoms with Gasteiger partial charge < -0.3 is 9.73 Å². The van der Waals surface area contributed by atoms with E-state index >= 15 is 0 Å². The largest absolute Gasteiger partial charge is 0.451 e. The Bertz CT molecular complexity index is 1230. The standard InChI is InChI=1S/C22H23FN2O4S/c1-14-6-8-17(13-20(14)30(27,28)25-10-4-3-5-11-25)24-22(26)21-15(2)18-12-16(23)7-9-19(18)29-21/h6-9,12-13H,3-5,10-11H2,1-2H3,(H,24,26). The van der Waals surface area contributed by atoms with Crippen molar-refractivity contribution < 1.29 is 22.0 Å². The normalized spacial score (nSPS) is 15.4. The number of furan rings is 1. The molecule has 1 aliphatic rings. The zero-order chi connectivity index (χ0) is 21.5. The minimum atomic E-state index is -3.63. The molecule has 0 unspecified atom stereocenters. The fraction of sp³-hybridized carbons (Fsp3) is 0.318. The van der Waals surface area contributed by atoms with Crippen molar-refractivity contribution in [3.8, 4) is 0 Å². The Labute approximate surface area is 174 Å². The summed E-state index contributed by atoms with van der Waals surface area (Å²) in [6, 6.07) is 8.87. The van der Waals surface area contributed by atoms with Crippen LogP contribution in [0.25, 0.3) is 11.0 Å². The number of benzene rings is 2. The van der Waals surface area contributed by atoms with Gasteiger partial charge >= 0.3 is 0 Å². The molecule has 1 saturated heterocycles. The van der Waals surface area contributed by atoms with E-state index in [-0.39, 0.29) is 10.7 Å². The van der Waals surface area contributed by atoms with E-state index in [4.69, 9.17) is 4.42 Å². The highest BCUT2D eigenvalue weighted by Gasteiger charge is 2.28. The molecule has 1 aromatic heterocycles. The van der Waals surface area contributed by atoms with Gasteiger partial charge in [0.2, 0.25) is 10.0 Å². The van der Waals surface area contributed by atoms with Gasteiger partial charge in [0.05, 0.1) is 4.90 Å². The smallest absolute Gasteiger partial charge is 0.291 e.